The average Bonchev–Trinajstić information content (AvgIpc) is 2.87. The van der Waals surface area contributed by atoms with Crippen molar-refractivity contribution < 1.29 is 9.53 Å². The van der Waals surface area contributed by atoms with Gasteiger partial charge in [-0.3, -0.25) is 4.79 Å². The first-order chi connectivity index (χ1) is 12.2. The normalized spacial score (nSPS) is 22.9. The average molecular weight is 355 g/mol. The van der Waals surface area contributed by atoms with E-state index in [2.05, 4.69) is 28.9 Å². The van der Waals surface area contributed by atoms with Gasteiger partial charge in [-0.1, -0.05) is 54.1 Å². The van der Waals surface area contributed by atoms with Crippen molar-refractivity contribution in [3.8, 4) is 0 Å². The maximum absolute atomic E-state index is 12.8. The zero-order valence-electron chi connectivity index (χ0n) is 13.7. The number of nitrogens with one attached hydrogen (secondary N) is 2. The summed E-state index contributed by atoms with van der Waals surface area (Å²) >= 11 is 6.02. The lowest BCUT2D eigenvalue weighted by atomic mass is 9.86. The minimum absolute atomic E-state index is 0.0670. The monoisotopic (exact) mass is 354 g/mol. The van der Waals surface area contributed by atoms with Crippen LogP contribution in [0.3, 0.4) is 0 Å². The molecule has 4 nitrogen and oxygen atoms in total. The highest BCUT2D eigenvalue weighted by Gasteiger charge is 2.43. The minimum Gasteiger partial charge on any atom is -0.376 e. The van der Waals surface area contributed by atoms with E-state index in [1.54, 1.807) is 0 Å². The van der Waals surface area contributed by atoms with Crippen LogP contribution in [0.25, 0.3) is 6.08 Å². The molecule has 1 atom stereocenters. The van der Waals surface area contributed by atoms with Crippen molar-refractivity contribution in [1.29, 1.82) is 0 Å². The van der Waals surface area contributed by atoms with Crippen LogP contribution in [0.15, 0.2) is 60.2 Å². The molecule has 25 heavy (non-hydrogen) atoms. The van der Waals surface area contributed by atoms with Gasteiger partial charge in [0.2, 0.25) is 5.91 Å². The van der Waals surface area contributed by atoms with Gasteiger partial charge < -0.3 is 15.4 Å². The molecule has 2 aliphatic heterocycles. The molecule has 0 bridgehead atoms. The summed E-state index contributed by atoms with van der Waals surface area (Å²) < 4.78 is 5.42. The summed E-state index contributed by atoms with van der Waals surface area (Å²) in [5, 5.41) is 7.12. The van der Waals surface area contributed by atoms with Crippen molar-refractivity contribution in [3.63, 3.8) is 0 Å². The van der Waals surface area contributed by atoms with E-state index < -0.39 is 11.6 Å². The molecule has 1 aliphatic carbocycles. The van der Waals surface area contributed by atoms with Crippen LogP contribution in [0, 0.1) is 0 Å². The first-order valence-electron chi connectivity index (χ1n) is 8.34. The summed E-state index contributed by atoms with van der Waals surface area (Å²) in [7, 11) is 0. The number of carbonyl (C=O) groups excluding carboxylic acids is 1. The number of halogens is 1. The number of hydrogen-bond acceptors (Lipinski definition) is 3. The predicted molar refractivity (Wildman–Crippen MR) is 101 cm³/mol. The number of rotatable bonds is 3. The van der Waals surface area contributed by atoms with Crippen LogP contribution < -0.4 is 10.6 Å². The van der Waals surface area contributed by atoms with Crippen LogP contribution in [-0.2, 0) is 9.53 Å². The van der Waals surface area contributed by atoms with Crippen molar-refractivity contribution in [3.05, 3.63) is 70.8 Å². The number of benzene rings is 1. The Labute approximate surface area is 151 Å². The number of fused-ring (bicyclic) bond motifs is 1. The molecule has 1 saturated heterocycles. The molecule has 4 rings (SSSR count). The molecular weight excluding hydrogens is 336 g/mol. The van der Waals surface area contributed by atoms with Crippen LogP contribution in [0.1, 0.15) is 12.0 Å². The summed E-state index contributed by atoms with van der Waals surface area (Å²) in [6.07, 6.45) is 15.0. The Morgan fingerprint density at radius 1 is 1.28 bits per heavy atom. The number of carbonyl (C=O) groups is 1. The molecule has 0 radical (unpaired) electrons. The second-order valence-electron chi connectivity index (χ2n) is 6.47. The fraction of sp³-hybridized carbons (Fsp3) is 0.250. The van der Waals surface area contributed by atoms with Crippen molar-refractivity contribution >= 4 is 29.3 Å². The summed E-state index contributed by atoms with van der Waals surface area (Å²) in [6, 6.07) is 5.17. The molecule has 0 spiro atoms. The number of ether oxygens (including phenoxy) is 1. The smallest absolute Gasteiger partial charge is 0.247 e. The highest BCUT2D eigenvalue weighted by Crippen LogP contribution is 2.30. The van der Waals surface area contributed by atoms with Gasteiger partial charge in [0.15, 0.2) is 0 Å². The third-order valence-electron chi connectivity index (χ3n) is 4.67. The van der Waals surface area contributed by atoms with Gasteiger partial charge in [-0.25, -0.2) is 0 Å². The lowest BCUT2D eigenvalue weighted by Crippen LogP contribution is -2.65. The van der Waals surface area contributed by atoms with E-state index in [0.29, 0.717) is 18.2 Å². The molecule has 0 aromatic heterocycles. The molecule has 3 aliphatic rings. The third kappa shape index (κ3) is 3.15. The molecule has 2 heterocycles. The Bertz CT molecular complexity index is 819. The summed E-state index contributed by atoms with van der Waals surface area (Å²) in [6.45, 7) is 0.983. The quantitative estimate of drug-likeness (QED) is 0.873. The van der Waals surface area contributed by atoms with Crippen molar-refractivity contribution in [2.24, 2.45) is 0 Å². The van der Waals surface area contributed by atoms with E-state index in [4.69, 9.17) is 16.3 Å². The van der Waals surface area contributed by atoms with E-state index in [-0.39, 0.29) is 5.91 Å². The fourth-order valence-electron chi connectivity index (χ4n) is 3.20. The molecule has 1 aromatic rings. The number of allylic oxidation sites excluding steroid dienone is 4. The lowest BCUT2D eigenvalue weighted by Gasteiger charge is -2.44. The van der Waals surface area contributed by atoms with Crippen LogP contribution in [-0.4, -0.2) is 30.7 Å². The van der Waals surface area contributed by atoms with E-state index >= 15 is 0 Å². The Hall–Kier alpha value is -2.30. The van der Waals surface area contributed by atoms with Gasteiger partial charge in [-0.2, -0.15) is 0 Å². The number of amides is 1. The first kappa shape index (κ1) is 16.2. The molecule has 2 N–H and O–H groups in total. The van der Waals surface area contributed by atoms with Crippen molar-refractivity contribution in [2.75, 3.05) is 18.5 Å². The van der Waals surface area contributed by atoms with Gasteiger partial charge in [0.05, 0.1) is 13.2 Å². The summed E-state index contributed by atoms with van der Waals surface area (Å²) in [4.78, 5) is 12.8. The Balaban J connectivity index is 1.51. The van der Waals surface area contributed by atoms with E-state index in [9.17, 15) is 4.79 Å². The summed E-state index contributed by atoms with van der Waals surface area (Å²) in [5.74, 6) is -0.0670. The van der Waals surface area contributed by atoms with E-state index in [1.165, 1.54) is 0 Å². The Morgan fingerprint density at radius 2 is 2.16 bits per heavy atom. The number of anilines is 1. The maximum Gasteiger partial charge on any atom is 0.247 e. The SMILES string of the molecule is O=C(NC1(C2=CC=CCC=C2)COC1)C1C=Cc2cc(Cl)ccc2N1. The Kier molecular flexibility index (Phi) is 4.24. The molecule has 1 aromatic carbocycles. The minimum atomic E-state index is -0.446. The fourth-order valence-corrected chi connectivity index (χ4v) is 3.38. The molecule has 5 heteroatoms. The highest BCUT2D eigenvalue weighted by atomic mass is 35.5. The second-order valence-corrected chi connectivity index (χ2v) is 6.90. The van der Waals surface area contributed by atoms with Gasteiger partial charge in [0.25, 0.3) is 0 Å². The Morgan fingerprint density at radius 3 is 2.96 bits per heavy atom. The van der Waals surface area contributed by atoms with Gasteiger partial charge in [-0.05, 0) is 35.8 Å². The van der Waals surface area contributed by atoms with Gasteiger partial charge in [0.1, 0.15) is 11.6 Å². The van der Waals surface area contributed by atoms with E-state index in [0.717, 1.165) is 23.2 Å². The van der Waals surface area contributed by atoms with Crippen molar-refractivity contribution in [1.82, 2.24) is 5.32 Å². The zero-order valence-corrected chi connectivity index (χ0v) is 14.4. The van der Waals surface area contributed by atoms with Crippen LogP contribution >= 0.6 is 11.6 Å². The maximum atomic E-state index is 12.8. The van der Waals surface area contributed by atoms with Crippen LogP contribution in [0.5, 0.6) is 0 Å². The molecular formula is C20H19ClN2O2. The van der Waals surface area contributed by atoms with Gasteiger partial charge >= 0.3 is 0 Å². The lowest BCUT2D eigenvalue weighted by molar-refractivity contribution is -0.129. The van der Waals surface area contributed by atoms with Crippen molar-refractivity contribution in [2.45, 2.75) is 18.0 Å². The third-order valence-corrected chi connectivity index (χ3v) is 4.90. The largest absolute Gasteiger partial charge is 0.376 e. The molecule has 0 saturated carbocycles. The second kappa shape index (κ2) is 6.54. The number of hydrogen-bond donors (Lipinski definition) is 2. The standard InChI is InChI=1S/C20H19ClN2O2/c21-16-8-10-17-14(11-16)7-9-18(22-17)19(24)23-20(12-25-13-20)15-5-3-1-2-4-6-15/h1,3-11,18,22H,2,12-13H2,(H,23,24). The summed E-state index contributed by atoms with van der Waals surface area (Å²) in [5.41, 5.74) is 2.52. The van der Waals surface area contributed by atoms with E-state index in [1.807, 2.05) is 42.5 Å². The molecule has 1 unspecified atom stereocenters. The van der Waals surface area contributed by atoms with Crippen LogP contribution in [0.2, 0.25) is 5.02 Å². The van der Waals surface area contributed by atoms with Gasteiger partial charge in [0, 0.05) is 10.7 Å². The predicted octanol–water partition coefficient (Wildman–Crippen LogP) is 3.48. The molecule has 1 fully saturated rings. The zero-order chi connectivity index (χ0) is 17.3. The molecule has 128 valence electrons. The molecule has 1 amide bonds. The highest BCUT2D eigenvalue weighted by molar-refractivity contribution is 6.30. The van der Waals surface area contributed by atoms with Gasteiger partial charge in [-0.15, -0.1) is 0 Å². The first-order valence-corrected chi connectivity index (χ1v) is 8.72. The van der Waals surface area contributed by atoms with Crippen LogP contribution in [0.4, 0.5) is 5.69 Å². The topological polar surface area (TPSA) is 50.4 Å².